The molecule has 0 aliphatic carbocycles. The van der Waals surface area contributed by atoms with Crippen LogP contribution in [0.5, 0.6) is 5.75 Å². The Bertz CT molecular complexity index is 703. The number of carbonyl (C=O) groups excluding carboxylic acids is 2. The molecule has 8 nitrogen and oxygen atoms in total. The summed E-state index contributed by atoms with van der Waals surface area (Å²) < 4.78 is 10.8. The molecule has 2 aliphatic rings. The highest BCUT2D eigenvalue weighted by molar-refractivity contribution is 5.95. The molecule has 0 aromatic heterocycles. The van der Waals surface area contributed by atoms with Crippen molar-refractivity contribution in [2.75, 3.05) is 51.9 Å². The Balaban J connectivity index is 1.64. The van der Waals surface area contributed by atoms with Gasteiger partial charge in [0.15, 0.2) is 0 Å². The molecular weight excluding hydrogens is 360 g/mol. The summed E-state index contributed by atoms with van der Waals surface area (Å²) >= 11 is 0. The Hall–Kier alpha value is -2.32. The van der Waals surface area contributed by atoms with Crippen molar-refractivity contribution < 1.29 is 19.1 Å². The van der Waals surface area contributed by atoms with Gasteiger partial charge >= 0.3 is 0 Å². The molecule has 0 saturated carbocycles. The molecule has 3 N–H and O–H groups in total. The smallest absolute Gasteiger partial charge is 0.251 e. The molecule has 8 heteroatoms. The van der Waals surface area contributed by atoms with Crippen LogP contribution in [0.3, 0.4) is 0 Å². The summed E-state index contributed by atoms with van der Waals surface area (Å²) in [5.74, 6) is 0.698. The van der Waals surface area contributed by atoms with Crippen molar-refractivity contribution in [2.24, 2.45) is 5.73 Å². The molecule has 2 heterocycles. The number of amides is 2. The van der Waals surface area contributed by atoms with E-state index in [1.54, 1.807) is 19.2 Å². The van der Waals surface area contributed by atoms with Crippen LogP contribution in [0.1, 0.15) is 29.6 Å². The highest BCUT2D eigenvalue weighted by Crippen LogP contribution is 2.34. The minimum atomic E-state index is -0.156. The predicted octanol–water partition coefficient (Wildman–Crippen LogP) is 0.600. The molecule has 1 atom stereocenters. The monoisotopic (exact) mass is 390 g/mol. The molecule has 1 saturated heterocycles. The van der Waals surface area contributed by atoms with Gasteiger partial charge in [0.05, 0.1) is 24.8 Å². The van der Waals surface area contributed by atoms with Crippen LogP contribution in [0.4, 0.5) is 5.69 Å². The molecule has 1 fully saturated rings. The standard InChI is InChI=1S/C20H30N4O4/c1-23-16(12-19(25)24-8-5-15(21)6-9-24)13-28-18-4-3-14(11-17(18)23)20(26)22-7-10-27-2/h3-4,11,15-16H,5-10,12-13,21H2,1-2H3,(H,22,26). The normalized spacial score (nSPS) is 19.8. The fraction of sp³-hybridized carbons (Fsp3) is 0.600. The summed E-state index contributed by atoms with van der Waals surface area (Å²) in [5.41, 5.74) is 7.31. The van der Waals surface area contributed by atoms with Crippen LogP contribution in [0, 0.1) is 0 Å². The lowest BCUT2D eigenvalue weighted by Crippen LogP contribution is -2.47. The van der Waals surface area contributed by atoms with Crippen LogP contribution in [-0.2, 0) is 9.53 Å². The number of anilines is 1. The van der Waals surface area contributed by atoms with Crippen LogP contribution in [0.15, 0.2) is 18.2 Å². The largest absolute Gasteiger partial charge is 0.489 e. The lowest BCUT2D eigenvalue weighted by Gasteiger charge is -2.37. The number of fused-ring (bicyclic) bond motifs is 1. The molecule has 2 amide bonds. The van der Waals surface area contributed by atoms with Gasteiger partial charge in [-0.1, -0.05) is 0 Å². The lowest BCUT2D eigenvalue weighted by atomic mass is 10.0. The van der Waals surface area contributed by atoms with Crippen LogP contribution >= 0.6 is 0 Å². The molecular formula is C20H30N4O4. The third-order valence-corrected chi connectivity index (χ3v) is 5.47. The zero-order valence-corrected chi connectivity index (χ0v) is 16.6. The van der Waals surface area contributed by atoms with Crippen LogP contribution < -0.4 is 20.7 Å². The van der Waals surface area contributed by atoms with Crippen molar-refractivity contribution in [3.8, 4) is 5.75 Å². The maximum Gasteiger partial charge on any atom is 0.251 e. The van der Waals surface area contributed by atoms with Gasteiger partial charge in [0.25, 0.3) is 5.91 Å². The van der Waals surface area contributed by atoms with Crippen molar-refractivity contribution in [1.29, 1.82) is 0 Å². The van der Waals surface area contributed by atoms with Gasteiger partial charge in [-0.2, -0.15) is 0 Å². The number of likely N-dealkylation sites (N-methyl/N-ethyl adjacent to an activating group) is 1. The van der Waals surface area contributed by atoms with Crippen LogP contribution in [0.25, 0.3) is 0 Å². The van der Waals surface area contributed by atoms with E-state index < -0.39 is 0 Å². The van der Waals surface area contributed by atoms with Crippen LogP contribution in [-0.4, -0.2) is 75.8 Å². The molecule has 1 aromatic carbocycles. The van der Waals surface area contributed by atoms with Crippen molar-refractivity contribution in [3.63, 3.8) is 0 Å². The molecule has 28 heavy (non-hydrogen) atoms. The van der Waals surface area contributed by atoms with E-state index >= 15 is 0 Å². The predicted molar refractivity (Wildman–Crippen MR) is 107 cm³/mol. The van der Waals surface area contributed by atoms with Gasteiger partial charge in [-0.3, -0.25) is 9.59 Å². The molecule has 3 rings (SSSR count). The summed E-state index contributed by atoms with van der Waals surface area (Å²) in [7, 11) is 3.54. The minimum Gasteiger partial charge on any atom is -0.489 e. The number of nitrogens with one attached hydrogen (secondary N) is 1. The Kier molecular flexibility index (Phi) is 6.74. The zero-order chi connectivity index (χ0) is 20.1. The number of rotatable bonds is 6. The molecule has 1 unspecified atom stereocenters. The number of hydrogen-bond acceptors (Lipinski definition) is 6. The Labute approximate surface area is 165 Å². The van der Waals surface area contributed by atoms with Crippen molar-refractivity contribution in [1.82, 2.24) is 10.2 Å². The second kappa shape index (κ2) is 9.25. The lowest BCUT2D eigenvalue weighted by molar-refractivity contribution is -0.132. The number of ether oxygens (including phenoxy) is 2. The third-order valence-electron chi connectivity index (χ3n) is 5.47. The van der Waals surface area contributed by atoms with Crippen LogP contribution in [0.2, 0.25) is 0 Å². The number of benzene rings is 1. The number of nitrogens with two attached hydrogens (primary N) is 1. The van der Waals surface area contributed by atoms with E-state index in [0.717, 1.165) is 37.4 Å². The van der Waals surface area contributed by atoms with E-state index in [0.29, 0.717) is 31.7 Å². The second-order valence-electron chi connectivity index (χ2n) is 7.43. The number of methoxy groups -OCH3 is 1. The third kappa shape index (κ3) is 4.74. The maximum absolute atomic E-state index is 12.7. The number of piperidine rings is 1. The highest BCUT2D eigenvalue weighted by Gasteiger charge is 2.30. The van der Waals surface area contributed by atoms with Gasteiger partial charge < -0.3 is 30.3 Å². The average Bonchev–Trinajstić information content (AvgIpc) is 2.70. The van der Waals surface area contributed by atoms with E-state index in [9.17, 15) is 9.59 Å². The van der Waals surface area contributed by atoms with Crippen molar-refractivity contribution >= 4 is 17.5 Å². The first kappa shape index (κ1) is 20.4. The van der Waals surface area contributed by atoms with Crippen molar-refractivity contribution in [3.05, 3.63) is 23.8 Å². The summed E-state index contributed by atoms with van der Waals surface area (Å²) in [4.78, 5) is 28.9. The molecule has 1 aromatic rings. The SMILES string of the molecule is COCCNC(=O)c1ccc2c(c1)N(C)C(CC(=O)N1CCC(N)CC1)CO2. The number of carbonyl (C=O) groups is 2. The summed E-state index contributed by atoms with van der Waals surface area (Å²) in [5, 5.41) is 2.82. The summed E-state index contributed by atoms with van der Waals surface area (Å²) in [6.07, 6.45) is 2.09. The fourth-order valence-corrected chi connectivity index (χ4v) is 3.59. The molecule has 0 bridgehead atoms. The van der Waals surface area contributed by atoms with E-state index in [4.69, 9.17) is 15.2 Å². The molecule has 0 spiro atoms. The van der Waals surface area contributed by atoms with E-state index in [-0.39, 0.29) is 23.9 Å². The van der Waals surface area contributed by atoms with E-state index in [1.807, 2.05) is 22.9 Å². The Morgan fingerprint density at radius 2 is 2.07 bits per heavy atom. The first-order valence-corrected chi connectivity index (χ1v) is 9.79. The molecule has 154 valence electrons. The maximum atomic E-state index is 12.7. The van der Waals surface area contributed by atoms with Crippen molar-refractivity contribution in [2.45, 2.75) is 31.3 Å². The fourth-order valence-electron chi connectivity index (χ4n) is 3.59. The first-order valence-electron chi connectivity index (χ1n) is 9.79. The average molecular weight is 390 g/mol. The van der Waals surface area contributed by atoms with Gasteiger partial charge in [-0.25, -0.2) is 0 Å². The van der Waals surface area contributed by atoms with Gasteiger partial charge in [-0.15, -0.1) is 0 Å². The van der Waals surface area contributed by atoms with E-state index in [2.05, 4.69) is 5.32 Å². The van der Waals surface area contributed by atoms with Gasteiger partial charge in [0.2, 0.25) is 5.91 Å². The van der Waals surface area contributed by atoms with Gasteiger partial charge in [0.1, 0.15) is 12.4 Å². The Morgan fingerprint density at radius 3 is 2.79 bits per heavy atom. The quantitative estimate of drug-likeness (QED) is 0.691. The number of nitrogens with zero attached hydrogens (tertiary/aromatic N) is 2. The number of likely N-dealkylation sites (tertiary alicyclic amines) is 1. The molecule has 2 aliphatic heterocycles. The highest BCUT2D eigenvalue weighted by atomic mass is 16.5. The first-order chi connectivity index (χ1) is 13.5. The summed E-state index contributed by atoms with van der Waals surface area (Å²) in [6, 6.07) is 5.50. The second-order valence-corrected chi connectivity index (χ2v) is 7.43. The Morgan fingerprint density at radius 1 is 1.32 bits per heavy atom. The molecule has 0 radical (unpaired) electrons. The number of hydrogen-bond donors (Lipinski definition) is 2. The summed E-state index contributed by atoms with van der Waals surface area (Å²) in [6.45, 7) is 2.81. The van der Waals surface area contributed by atoms with Gasteiger partial charge in [-0.05, 0) is 31.0 Å². The minimum absolute atomic E-state index is 0.0672. The zero-order valence-electron chi connectivity index (χ0n) is 16.6. The van der Waals surface area contributed by atoms with Gasteiger partial charge in [0, 0.05) is 45.4 Å². The topological polar surface area (TPSA) is 97.1 Å². The van der Waals surface area contributed by atoms with E-state index in [1.165, 1.54) is 0 Å².